The number of rotatable bonds is 7. The Hall–Kier alpha value is -4.14. The van der Waals surface area contributed by atoms with Crippen LogP contribution < -0.4 is 5.32 Å². The van der Waals surface area contributed by atoms with Crippen LogP contribution >= 0.6 is 0 Å². The number of amides is 2. The van der Waals surface area contributed by atoms with Crippen molar-refractivity contribution in [1.82, 2.24) is 20.1 Å². The summed E-state index contributed by atoms with van der Waals surface area (Å²) in [6, 6.07) is 17.7. The van der Waals surface area contributed by atoms with Gasteiger partial charge >= 0.3 is 0 Å². The molecule has 5 rings (SSSR count). The minimum absolute atomic E-state index is 0.0327. The van der Waals surface area contributed by atoms with Gasteiger partial charge in [0, 0.05) is 45.0 Å². The zero-order valence-electron chi connectivity index (χ0n) is 23.1. The molecule has 0 radical (unpaired) electrons. The second-order valence-electron chi connectivity index (χ2n) is 10.8. The van der Waals surface area contributed by atoms with E-state index in [2.05, 4.69) is 21.3 Å². The van der Waals surface area contributed by atoms with Crippen molar-refractivity contribution in [2.75, 3.05) is 26.2 Å². The third kappa shape index (κ3) is 6.83. The fourth-order valence-corrected chi connectivity index (χ4v) is 7.19. The van der Waals surface area contributed by atoms with Crippen LogP contribution in [0.15, 0.2) is 71.8 Å². The lowest BCUT2D eigenvalue weighted by Crippen LogP contribution is -2.44. The first-order valence-electron chi connectivity index (χ1n) is 14.0. The summed E-state index contributed by atoms with van der Waals surface area (Å²) in [4.78, 5) is 34.1. The van der Waals surface area contributed by atoms with Gasteiger partial charge in [0.15, 0.2) is 9.84 Å². The minimum Gasteiger partial charge on any atom is -0.348 e. The Kier molecular flexibility index (Phi) is 8.94. The maximum atomic E-state index is 13.2. The Morgan fingerprint density at radius 1 is 0.929 bits per heavy atom. The lowest BCUT2D eigenvalue weighted by atomic mass is 10.0. The summed E-state index contributed by atoms with van der Waals surface area (Å²) in [5.41, 5.74) is 2.36. The van der Waals surface area contributed by atoms with Gasteiger partial charge in [-0.2, -0.15) is 5.26 Å². The first-order chi connectivity index (χ1) is 20.2. The van der Waals surface area contributed by atoms with E-state index < -0.39 is 20.9 Å². The Morgan fingerprint density at radius 2 is 1.60 bits per heavy atom. The highest BCUT2D eigenvalue weighted by molar-refractivity contribution is 7.92. The van der Waals surface area contributed by atoms with Crippen LogP contribution in [-0.4, -0.2) is 72.5 Å². The molecule has 0 saturated carbocycles. The van der Waals surface area contributed by atoms with Crippen LogP contribution in [0.5, 0.6) is 0 Å². The quantitative estimate of drug-likeness (QED) is 0.418. The van der Waals surface area contributed by atoms with Crippen molar-refractivity contribution in [2.24, 2.45) is 0 Å². The van der Waals surface area contributed by atoms with Gasteiger partial charge < -0.3 is 10.2 Å². The second-order valence-corrected chi connectivity index (χ2v) is 13.0. The average molecular weight is 590 g/mol. The molecule has 2 aromatic carbocycles. The van der Waals surface area contributed by atoms with Crippen LogP contribution in [-0.2, 0) is 16.4 Å². The van der Waals surface area contributed by atoms with Gasteiger partial charge in [-0.15, -0.1) is 0 Å². The summed E-state index contributed by atoms with van der Waals surface area (Å²) in [6.45, 7) is 3.03. The van der Waals surface area contributed by atoms with Gasteiger partial charge in [-0.05, 0) is 79.8 Å². The summed E-state index contributed by atoms with van der Waals surface area (Å²) in [6.07, 6.45) is 3.58. The van der Waals surface area contributed by atoms with Crippen LogP contribution in [0.25, 0.3) is 0 Å². The predicted molar refractivity (Wildman–Crippen MR) is 154 cm³/mol. The molecule has 1 N–H and O–H groups in total. The zero-order chi connectivity index (χ0) is 29.7. The molecule has 11 heteroatoms. The maximum absolute atomic E-state index is 13.2. The molecule has 9 nitrogen and oxygen atoms in total. The topological polar surface area (TPSA) is 123 Å². The second kappa shape index (κ2) is 12.8. The number of hydrogen-bond acceptors (Lipinski definition) is 7. The number of piperidine rings is 2. The molecule has 0 bridgehead atoms. The van der Waals surface area contributed by atoms with E-state index in [1.165, 1.54) is 24.4 Å². The first kappa shape index (κ1) is 29.4. The number of nitrogens with zero attached hydrogens (tertiary/aromatic N) is 4. The Morgan fingerprint density at radius 3 is 2.19 bits per heavy atom. The fraction of sp³-hybridized carbons (Fsp3) is 0.355. The molecule has 2 saturated heterocycles. The van der Waals surface area contributed by atoms with E-state index in [0.29, 0.717) is 11.1 Å². The van der Waals surface area contributed by atoms with Crippen molar-refractivity contribution in [1.29, 1.82) is 5.26 Å². The molecule has 3 aromatic rings. The third-order valence-electron chi connectivity index (χ3n) is 7.97. The standard InChI is InChI=1S/C31H32FN5O4S/c32-25-6-8-27(9-7-25)42(40,41)28-13-17-37(18-14-28)31(39)24-5-10-29(34-20-24)30(38)35-26-11-15-36(16-12-26)21-23-3-1-22(19-33)2-4-23/h1-10,20,26,28H,11-18,21H2,(H,35,38). The molecule has 0 unspecified atom stereocenters. The van der Waals surface area contributed by atoms with Crippen LogP contribution in [0.1, 0.15) is 57.7 Å². The summed E-state index contributed by atoms with van der Waals surface area (Å²) in [5.74, 6) is -1.04. The number of nitriles is 1. The molecule has 218 valence electrons. The number of likely N-dealkylation sites (tertiary alicyclic amines) is 2. The van der Waals surface area contributed by atoms with Gasteiger partial charge in [-0.1, -0.05) is 12.1 Å². The maximum Gasteiger partial charge on any atom is 0.270 e. The summed E-state index contributed by atoms with van der Waals surface area (Å²) < 4.78 is 39.0. The van der Waals surface area contributed by atoms with Gasteiger partial charge in [-0.3, -0.25) is 19.5 Å². The van der Waals surface area contributed by atoms with E-state index in [-0.39, 0.29) is 54.4 Å². The number of carbonyl (C=O) groups excluding carboxylic acids is 2. The fourth-order valence-electron chi connectivity index (χ4n) is 5.46. The van der Waals surface area contributed by atoms with Crippen molar-refractivity contribution < 1.29 is 22.4 Å². The van der Waals surface area contributed by atoms with Crippen LogP contribution in [0.2, 0.25) is 0 Å². The molecule has 1 aromatic heterocycles. The number of nitrogens with one attached hydrogen (secondary N) is 1. The Balaban J connectivity index is 1.08. The monoisotopic (exact) mass is 589 g/mol. The summed E-state index contributed by atoms with van der Waals surface area (Å²) in [5, 5.41) is 11.4. The number of benzene rings is 2. The van der Waals surface area contributed by atoms with Crippen molar-refractivity contribution >= 4 is 21.7 Å². The Labute approximate surface area is 244 Å². The molecule has 2 fully saturated rings. The molecule has 0 aliphatic carbocycles. The lowest BCUT2D eigenvalue weighted by Gasteiger charge is -2.32. The molecular formula is C31H32FN5O4S. The van der Waals surface area contributed by atoms with Gasteiger partial charge in [0.1, 0.15) is 11.5 Å². The smallest absolute Gasteiger partial charge is 0.270 e. The average Bonchev–Trinajstić information content (AvgIpc) is 3.02. The first-order valence-corrected chi connectivity index (χ1v) is 15.5. The van der Waals surface area contributed by atoms with Gasteiger partial charge in [0.05, 0.1) is 27.3 Å². The van der Waals surface area contributed by atoms with Gasteiger partial charge in [-0.25, -0.2) is 12.8 Å². The summed E-state index contributed by atoms with van der Waals surface area (Å²) in [7, 11) is -3.61. The normalized spacial score (nSPS) is 17.0. The molecule has 0 spiro atoms. The number of carbonyl (C=O) groups is 2. The predicted octanol–water partition coefficient (Wildman–Crippen LogP) is 3.57. The zero-order valence-corrected chi connectivity index (χ0v) is 23.9. The number of hydrogen-bond donors (Lipinski definition) is 1. The molecule has 0 atom stereocenters. The van der Waals surface area contributed by atoms with Crippen LogP contribution in [0, 0.1) is 17.1 Å². The van der Waals surface area contributed by atoms with Gasteiger partial charge in [0.2, 0.25) is 0 Å². The summed E-state index contributed by atoms with van der Waals surface area (Å²) >= 11 is 0. The highest BCUT2D eigenvalue weighted by Crippen LogP contribution is 2.25. The number of halogens is 1. The van der Waals surface area contributed by atoms with Crippen LogP contribution in [0.3, 0.4) is 0 Å². The Bertz CT molecular complexity index is 1560. The van der Waals surface area contributed by atoms with Gasteiger partial charge in [0.25, 0.3) is 11.8 Å². The molecule has 2 aliphatic heterocycles. The van der Waals surface area contributed by atoms with Crippen molar-refractivity contribution in [3.8, 4) is 6.07 Å². The molecular weight excluding hydrogens is 557 g/mol. The van der Waals surface area contributed by atoms with E-state index in [0.717, 1.165) is 50.2 Å². The third-order valence-corrected chi connectivity index (χ3v) is 10.2. The van der Waals surface area contributed by atoms with E-state index in [1.54, 1.807) is 11.0 Å². The lowest BCUT2D eigenvalue weighted by molar-refractivity contribution is 0.0724. The van der Waals surface area contributed by atoms with E-state index >= 15 is 0 Å². The highest BCUT2D eigenvalue weighted by Gasteiger charge is 2.33. The highest BCUT2D eigenvalue weighted by atomic mass is 32.2. The molecule has 3 heterocycles. The van der Waals surface area contributed by atoms with E-state index in [4.69, 9.17) is 5.26 Å². The minimum atomic E-state index is -3.61. The number of pyridine rings is 1. The molecule has 2 aliphatic rings. The van der Waals surface area contributed by atoms with Crippen molar-refractivity contribution in [3.05, 3.63) is 95.1 Å². The van der Waals surface area contributed by atoms with Crippen molar-refractivity contribution in [2.45, 2.75) is 48.4 Å². The van der Waals surface area contributed by atoms with Crippen molar-refractivity contribution in [3.63, 3.8) is 0 Å². The SMILES string of the molecule is N#Cc1ccc(CN2CCC(NC(=O)c3ccc(C(=O)N4CCC(S(=O)(=O)c5ccc(F)cc5)CC4)cn3)CC2)cc1. The van der Waals surface area contributed by atoms with E-state index in [1.807, 2.05) is 24.3 Å². The van der Waals surface area contributed by atoms with E-state index in [9.17, 15) is 22.4 Å². The number of aromatic nitrogens is 1. The number of sulfone groups is 1. The van der Waals surface area contributed by atoms with Crippen LogP contribution in [0.4, 0.5) is 4.39 Å². The molecule has 42 heavy (non-hydrogen) atoms. The largest absolute Gasteiger partial charge is 0.348 e. The molecule has 2 amide bonds.